The molecule has 0 aromatic heterocycles. The lowest BCUT2D eigenvalue weighted by molar-refractivity contribution is -0.0464. The van der Waals surface area contributed by atoms with E-state index in [0.29, 0.717) is 16.6 Å². The van der Waals surface area contributed by atoms with Crippen LogP contribution in [0.15, 0.2) is 0 Å². The van der Waals surface area contributed by atoms with Crippen molar-refractivity contribution in [2.75, 3.05) is 0 Å². The van der Waals surface area contributed by atoms with E-state index >= 15 is 0 Å². The first kappa shape index (κ1) is 12.0. The maximum Gasteiger partial charge on any atom is 0.0224 e. The molecule has 0 aromatic rings. The SMILES string of the molecule is CC(C)CC12CCC3(C)CCCC(C)(CC1)N32. The van der Waals surface area contributed by atoms with Crippen molar-refractivity contribution in [3.8, 4) is 0 Å². The Labute approximate surface area is 107 Å². The van der Waals surface area contributed by atoms with Gasteiger partial charge >= 0.3 is 0 Å². The van der Waals surface area contributed by atoms with Gasteiger partial charge in [0.05, 0.1) is 0 Å². The zero-order valence-electron chi connectivity index (χ0n) is 12.2. The first-order valence-electron chi connectivity index (χ1n) is 7.71. The van der Waals surface area contributed by atoms with Crippen molar-refractivity contribution in [1.29, 1.82) is 0 Å². The van der Waals surface area contributed by atoms with Crippen molar-refractivity contribution in [1.82, 2.24) is 4.90 Å². The largest absolute Gasteiger partial charge is 0.287 e. The summed E-state index contributed by atoms with van der Waals surface area (Å²) in [4.78, 5) is 3.02. The van der Waals surface area contributed by atoms with Crippen molar-refractivity contribution in [3.63, 3.8) is 0 Å². The molecule has 3 aliphatic rings. The van der Waals surface area contributed by atoms with Crippen LogP contribution in [-0.2, 0) is 0 Å². The molecule has 2 atom stereocenters. The highest BCUT2D eigenvalue weighted by Crippen LogP contribution is 2.61. The first-order chi connectivity index (χ1) is 7.90. The Morgan fingerprint density at radius 1 is 0.882 bits per heavy atom. The number of hydrogen-bond donors (Lipinski definition) is 0. The molecule has 98 valence electrons. The van der Waals surface area contributed by atoms with Crippen LogP contribution in [0.1, 0.15) is 79.1 Å². The van der Waals surface area contributed by atoms with E-state index in [1.807, 2.05) is 0 Å². The maximum absolute atomic E-state index is 3.02. The Bertz CT molecular complexity index is 299. The molecule has 0 amide bonds. The van der Waals surface area contributed by atoms with Gasteiger partial charge in [-0.3, -0.25) is 4.90 Å². The standard InChI is InChI=1S/C16H29N/c1-13(2)12-16-10-8-14(3)6-5-7-15(4,9-11-16)17(14)16/h13H,5-12H2,1-4H3. The Morgan fingerprint density at radius 3 is 1.88 bits per heavy atom. The highest BCUT2D eigenvalue weighted by molar-refractivity contribution is 5.19. The fourth-order valence-electron chi connectivity index (χ4n) is 5.75. The van der Waals surface area contributed by atoms with E-state index in [2.05, 4.69) is 32.6 Å². The maximum atomic E-state index is 3.02. The van der Waals surface area contributed by atoms with Crippen molar-refractivity contribution < 1.29 is 0 Å². The van der Waals surface area contributed by atoms with Crippen LogP contribution in [-0.4, -0.2) is 21.5 Å². The number of piperidine rings is 1. The normalized spacial score (nSPS) is 49.9. The zero-order valence-corrected chi connectivity index (χ0v) is 12.2. The average Bonchev–Trinajstić information content (AvgIpc) is 2.66. The second kappa shape index (κ2) is 3.50. The van der Waals surface area contributed by atoms with Gasteiger partial charge in [0, 0.05) is 16.6 Å². The molecule has 2 unspecified atom stereocenters. The first-order valence-corrected chi connectivity index (χ1v) is 7.71. The van der Waals surface area contributed by atoms with Crippen LogP contribution in [0, 0.1) is 5.92 Å². The van der Waals surface area contributed by atoms with Gasteiger partial charge in [-0.25, -0.2) is 0 Å². The van der Waals surface area contributed by atoms with E-state index < -0.39 is 0 Å². The van der Waals surface area contributed by atoms with Gasteiger partial charge in [-0.2, -0.15) is 0 Å². The molecule has 3 aliphatic heterocycles. The molecule has 0 bridgehead atoms. The van der Waals surface area contributed by atoms with Crippen LogP contribution in [0.3, 0.4) is 0 Å². The third-order valence-corrected chi connectivity index (χ3v) is 6.03. The molecule has 0 aromatic carbocycles. The molecule has 1 heteroatoms. The van der Waals surface area contributed by atoms with Crippen molar-refractivity contribution in [2.45, 2.75) is 95.7 Å². The minimum atomic E-state index is 0.540. The van der Waals surface area contributed by atoms with E-state index in [1.165, 1.54) is 51.4 Å². The Kier molecular flexibility index (Phi) is 2.47. The summed E-state index contributed by atoms with van der Waals surface area (Å²) >= 11 is 0. The molecule has 3 heterocycles. The molecule has 0 saturated carbocycles. The van der Waals surface area contributed by atoms with Crippen molar-refractivity contribution >= 4 is 0 Å². The fourth-order valence-corrected chi connectivity index (χ4v) is 5.75. The molecule has 3 fully saturated rings. The number of rotatable bonds is 2. The smallest absolute Gasteiger partial charge is 0.0224 e. The molecule has 3 saturated heterocycles. The molecule has 0 spiro atoms. The van der Waals surface area contributed by atoms with Crippen LogP contribution < -0.4 is 0 Å². The molecule has 0 aliphatic carbocycles. The average molecular weight is 235 g/mol. The summed E-state index contributed by atoms with van der Waals surface area (Å²) in [5.74, 6) is 0.849. The topological polar surface area (TPSA) is 3.24 Å². The van der Waals surface area contributed by atoms with E-state index in [1.54, 1.807) is 0 Å². The lowest BCUT2D eigenvalue weighted by Crippen LogP contribution is -2.60. The summed E-state index contributed by atoms with van der Waals surface area (Å²) in [7, 11) is 0. The van der Waals surface area contributed by atoms with Gasteiger partial charge < -0.3 is 0 Å². The Hall–Kier alpha value is -0.0400. The van der Waals surface area contributed by atoms with E-state index in [9.17, 15) is 0 Å². The summed E-state index contributed by atoms with van der Waals surface area (Å²) in [5, 5.41) is 0. The monoisotopic (exact) mass is 235 g/mol. The van der Waals surface area contributed by atoms with Crippen LogP contribution in [0.5, 0.6) is 0 Å². The summed E-state index contributed by atoms with van der Waals surface area (Å²) in [5.41, 5.74) is 1.66. The summed E-state index contributed by atoms with van der Waals surface area (Å²) in [6.45, 7) is 9.92. The van der Waals surface area contributed by atoms with E-state index in [0.717, 1.165) is 5.92 Å². The minimum Gasteiger partial charge on any atom is -0.287 e. The molecular formula is C16H29N. The van der Waals surface area contributed by atoms with Gasteiger partial charge in [0.15, 0.2) is 0 Å². The zero-order chi connectivity index (χ0) is 12.3. The molecule has 0 N–H and O–H groups in total. The van der Waals surface area contributed by atoms with E-state index in [-0.39, 0.29) is 0 Å². The van der Waals surface area contributed by atoms with Gasteiger partial charge in [-0.15, -0.1) is 0 Å². The number of hydrogen-bond acceptors (Lipinski definition) is 1. The van der Waals surface area contributed by atoms with Gasteiger partial charge in [0.2, 0.25) is 0 Å². The van der Waals surface area contributed by atoms with Crippen LogP contribution in [0.2, 0.25) is 0 Å². The van der Waals surface area contributed by atoms with Crippen molar-refractivity contribution in [3.05, 3.63) is 0 Å². The summed E-state index contributed by atoms with van der Waals surface area (Å²) in [6.07, 6.45) is 11.6. The number of nitrogens with zero attached hydrogens (tertiary/aromatic N) is 1. The third-order valence-electron chi connectivity index (χ3n) is 6.03. The lowest BCUT2D eigenvalue weighted by Gasteiger charge is -2.54. The highest BCUT2D eigenvalue weighted by atomic mass is 15.4. The van der Waals surface area contributed by atoms with Gasteiger partial charge in [-0.05, 0) is 71.1 Å². The highest BCUT2D eigenvalue weighted by Gasteiger charge is 2.63. The molecular weight excluding hydrogens is 206 g/mol. The van der Waals surface area contributed by atoms with Gasteiger partial charge in [0.25, 0.3) is 0 Å². The van der Waals surface area contributed by atoms with Gasteiger partial charge in [-0.1, -0.05) is 13.8 Å². The second-order valence-electron chi connectivity index (χ2n) is 8.01. The molecule has 0 radical (unpaired) electrons. The predicted molar refractivity (Wildman–Crippen MR) is 73.2 cm³/mol. The van der Waals surface area contributed by atoms with Crippen LogP contribution in [0.4, 0.5) is 0 Å². The Balaban J connectivity index is 1.98. The van der Waals surface area contributed by atoms with Crippen LogP contribution >= 0.6 is 0 Å². The van der Waals surface area contributed by atoms with E-state index in [4.69, 9.17) is 0 Å². The molecule has 17 heavy (non-hydrogen) atoms. The molecule has 3 rings (SSSR count). The second-order valence-corrected chi connectivity index (χ2v) is 8.01. The fraction of sp³-hybridized carbons (Fsp3) is 1.00. The third kappa shape index (κ3) is 1.54. The van der Waals surface area contributed by atoms with Crippen molar-refractivity contribution in [2.24, 2.45) is 5.92 Å². The molecule has 1 nitrogen and oxygen atoms in total. The summed E-state index contributed by atoms with van der Waals surface area (Å²) in [6, 6.07) is 0. The minimum absolute atomic E-state index is 0.540. The Morgan fingerprint density at radius 2 is 1.41 bits per heavy atom. The quantitative estimate of drug-likeness (QED) is 0.687. The predicted octanol–water partition coefficient (Wildman–Crippen LogP) is 4.36. The lowest BCUT2D eigenvalue weighted by atomic mass is 9.78. The van der Waals surface area contributed by atoms with Gasteiger partial charge in [0.1, 0.15) is 0 Å². The van der Waals surface area contributed by atoms with Crippen LogP contribution in [0.25, 0.3) is 0 Å². The summed E-state index contributed by atoms with van der Waals surface area (Å²) < 4.78 is 0.